The molecule has 138 valence electrons. The van der Waals surface area contributed by atoms with Crippen molar-refractivity contribution < 1.29 is 4.79 Å². The number of piperidine rings is 1. The van der Waals surface area contributed by atoms with Gasteiger partial charge in [0, 0.05) is 18.8 Å². The van der Waals surface area contributed by atoms with E-state index >= 15 is 0 Å². The van der Waals surface area contributed by atoms with Crippen molar-refractivity contribution >= 4 is 17.4 Å². The molecule has 0 spiro atoms. The monoisotopic (exact) mass is 352 g/mol. The molecule has 1 fully saturated rings. The number of anilines is 2. The van der Waals surface area contributed by atoms with E-state index in [1.54, 1.807) is 12.4 Å². The van der Waals surface area contributed by atoms with E-state index in [-0.39, 0.29) is 5.91 Å². The molecular weight excluding hydrogens is 324 g/mol. The van der Waals surface area contributed by atoms with Gasteiger partial charge in [-0.2, -0.15) is 0 Å². The zero-order valence-corrected chi connectivity index (χ0v) is 16.1. The summed E-state index contributed by atoms with van der Waals surface area (Å²) in [5.41, 5.74) is 3.41. The normalized spacial score (nSPS) is 15.3. The van der Waals surface area contributed by atoms with E-state index < -0.39 is 0 Å². The lowest BCUT2D eigenvalue weighted by Gasteiger charge is -2.30. The number of benzene rings is 1. The lowest BCUT2D eigenvalue weighted by Crippen LogP contribution is -2.33. The van der Waals surface area contributed by atoms with Crippen LogP contribution in [0.3, 0.4) is 0 Å². The van der Waals surface area contributed by atoms with Gasteiger partial charge in [0.15, 0.2) is 0 Å². The number of carbonyl (C=O) groups excluding carboxylic acids is 1. The third-order valence-corrected chi connectivity index (χ3v) is 5.14. The highest BCUT2D eigenvalue weighted by molar-refractivity contribution is 6.03. The summed E-state index contributed by atoms with van der Waals surface area (Å²) >= 11 is 0. The number of rotatable bonds is 4. The highest BCUT2D eigenvalue weighted by atomic mass is 16.1. The second kappa shape index (κ2) is 7.85. The summed E-state index contributed by atoms with van der Waals surface area (Å²) in [7, 11) is 0. The minimum atomic E-state index is -0.215. The number of carbonyl (C=O) groups is 1. The van der Waals surface area contributed by atoms with Crippen LogP contribution in [-0.2, 0) is 0 Å². The van der Waals surface area contributed by atoms with Crippen LogP contribution in [0.2, 0.25) is 0 Å². The molecule has 0 saturated carbocycles. The van der Waals surface area contributed by atoms with Crippen LogP contribution in [0.5, 0.6) is 0 Å². The van der Waals surface area contributed by atoms with Gasteiger partial charge in [-0.15, -0.1) is 0 Å². The van der Waals surface area contributed by atoms with Crippen LogP contribution in [0.25, 0.3) is 0 Å². The first kappa shape index (κ1) is 18.4. The quantitative estimate of drug-likeness (QED) is 0.886. The number of para-hydroxylation sites is 1. The Balaban J connectivity index is 1.73. The van der Waals surface area contributed by atoms with Crippen LogP contribution in [0.1, 0.15) is 61.1 Å². The summed E-state index contributed by atoms with van der Waals surface area (Å²) in [6.45, 7) is 10.5. The molecule has 1 aromatic carbocycles. The molecule has 0 atom stereocenters. The minimum absolute atomic E-state index is 0.215. The van der Waals surface area contributed by atoms with Gasteiger partial charge in [0.1, 0.15) is 11.5 Å². The minimum Gasteiger partial charge on any atom is -0.355 e. The molecule has 2 heterocycles. The molecule has 26 heavy (non-hydrogen) atoms. The highest BCUT2D eigenvalue weighted by Crippen LogP contribution is 2.28. The first-order valence-corrected chi connectivity index (χ1v) is 9.43. The molecule has 1 aliphatic rings. The average molecular weight is 352 g/mol. The molecule has 0 aliphatic carbocycles. The van der Waals surface area contributed by atoms with Crippen LogP contribution in [0, 0.1) is 12.8 Å². The number of hydrogen-bond acceptors (Lipinski definition) is 4. The van der Waals surface area contributed by atoms with Crippen molar-refractivity contribution in [3.8, 4) is 0 Å². The maximum Gasteiger partial charge on any atom is 0.275 e. The van der Waals surface area contributed by atoms with Gasteiger partial charge < -0.3 is 10.2 Å². The lowest BCUT2D eigenvalue weighted by atomic mass is 9.98. The van der Waals surface area contributed by atoms with Gasteiger partial charge in [0.25, 0.3) is 5.91 Å². The number of hydrogen-bond donors (Lipinski definition) is 1. The van der Waals surface area contributed by atoms with Crippen LogP contribution >= 0.6 is 0 Å². The van der Waals surface area contributed by atoms with Crippen molar-refractivity contribution in [2.75, 3.05) is 23.3 Å². The first-order chi connectivity index (χ1) is 12.5. The van der Waals surface area contributed by atoms with Crippen LogP contribution < -0.4 is 10.2 Å². The van der Waals surface area contributed by atoms with Gasteiger partial charge in [-0.1, -0.05) is 39.0 Å². The Bertz CT molecular complexity index is 762. The number of aromatic nitrogens is 2. The predicted octanol–water partition coefficient (Wildman–Crippen LogP) is 4.40. The number of amides is 1. The summed E-state index contributed by atoms with van der Waals surface area (Å²) in [6.07, 6.45) is 5.65. The van der Waals surface area contributed by atoms with E-state index in [2.05, 4.69) is 47.0 Å². The maximum atomic E-state index is 12.6. The Morgan fingerprint density at radius 1 is 1.19 bits per heavy atom. The Hall–Kier alpha value is -2.43. The SMILES string of the molecule is Cc1cccc(C(C)C)c1NC(=O)c1cnc(N2CCC(C)CC2)cn1. The molecule has 0 bridgehead atoms. The average Bonchev–Trinajstić information content (AvgIpc) is 2.64. The molecule has 5 heteroatoms. The van der Waals surface area contributed by atoms with Crippen molar-refractivity contribution in [3.63, 3.8) is 0 Å². The molecule has 1 aromatic heterocycles. The topological polar surface area (TPSA) is 58.1 Å². The summed E-state index contributed by atoms with van der Waals surface area (Å²) < 4.78 is 0. The molecule has 0 unspecified atom stereocenters. The van der Waals surface area contributed by atoms with E-state index in [4.69, 9.17) is 0 Å². The second-order valence-corrected chi connectivity index (χ2v) is 7.58. The van der Waals surface area contributed by atoms with E-state index in [0.717, 1.165) is 41.6 Å². The molecule has 1 aliphatic heterocycles. The van der Waals surface area contributed by atoms with Gasteiger partial charge in [-0.05, 0) is 42.7 Å². The number of aryl methyl sites for hydroxylation is 1. The van der Waals surface area contributed by atoms with E-state index in [1.807, 2.05) is 19.1 Å². The van der Waals surface area contributed by atoms with Crippen molar-refractivity contribution in [2.45, 2.75) is 46.5 Å². The molecule has 2 aromatic rings. The Kier molecular flexibility index (Phi) is 5.55. The molecule has 1 amide bonds. The van der Waals surface area contributed by atoms with Crippen LogP contribution in [0.15, 0.2) is 30.6 Å². The zero-order chi connectivity index (χ0) is 18.7. The lowest BCUT2D eigenvalue weighted by molar-refractivity contribution is 0.102. The fourth-order valence-electron chi connectivity index (χ4n) is 3.36. The molecule has 1 saturated heterocycles. The summed E-state index contributed by atoms with van der Waals surface area (Å²) in [4.78, 5) is 23.7. The van der Waals surface area contributed by atoms with Gasteiger partial charge in [-0.25, -0.2) is 9.97 Å². The molecule has 0 radical (unpaired) electrons. The third kappa shape index (κ3) is 4.03. The zero-order valence-electron chi connectivity index (χ0n) is 16.1. The Morgan fingerprint density at radius 3 is 2.54 bits per heavy atom. The Labute approximate surface area is 155 Å². The van der Waals surface area contributed by atoms with Gasteiger partial charge >= 0.3 is 0 Å². The molecule has 5 nitrogen and oxygen atoms in total. The van der Waals surface area contributed by atoms with Crippen molar-refractivity contribution in [1.29, 1.82) is 0 Å². The van der Waals surface area contributed by atoms with Gasteiger partial charge in [0.2, 0.25) is 0 Å². The third-order valence-electron chi connectivity index (χ3n) is 5.14. The smallest absolute Gasteiger partial charge is 0.275 e. The standard InChI is InChI=1S/C21H28N4O/c1-14(2)17-7-5-6-16(4)20(17)24-21(26)18-12-23-19(13-22-18)25-10-8-15(3)9-11-25/h5-7,12-15H,8-11H2,1-4H3,(H,24,26). The van der Waals surface area contributed by atoms with Crippen molar-refractivity contribution in [2.24, 2.45) is 5.92 Å². The van der Waals surface area contributed by atoms with Crippen molar-refractivity contribution in [1.82, 2.24) is 9.97 Å². The summed E-state index contributed by atoms with van der Waals surface area (Å²) in [5.74, 6) is 1.74. The number of nitrogens with zero attached hydrogens (tertiary/aromatic N) is 3. The van der Waals surface area contributed by atoms with E-state index in [9.17, 15) is 4.79 Å². The first-order valence-electron chi connectivity index (χ1n) is 9.43. The maximum absolute atomic E-state index is 12.6. The molecule has 1 N–H and O–H groups in total. The Morgan fingerprint density at radius 2 is 1.92 bits per heavy atom. The van der Waals surface area contributed by atoms with E-state index in [0.29, 0.717) is 11.6 Å². The van der Waals surface area contributed by atoms with Crippen molar-refractivity contribution in [3.05, 3.63) is 47.4 Å². The summed E-state index contributed by atoms with van der Waals surface area (Å²) in [5, 5.41) is 3.03. The molecule has 3 rings (SSSR count). The van der Waals surface area contributed by atoms with E-state index in [1.165, 1.54) is 12.8 Å². The largest absolute Gasteiger partial charge is 0.355 e. The molecular formula is C21H28N4O. The van der Waals surface area contributed by atoms with Crippen LogP contribution in [-0.4, -0.2) is 29.0 Å². The predicted molar refractivity (Wildman–Crippen MR) is 106 cm³/mol. The fraction of sp³-hybridized carbons (Fsp3) is 0.476. The number of nitrogens with one attached hydrogen (secondary N) is 1. The van der Waals surface area contributed by atoms with Gasteiger partial charge in [-0.3, -0.25) is 4.79 Å². The van der Waals surface area contributed by atoms with Gasteiger partial charge in [0.05, 0.1) is 12.4 Å². The van der Waals surface area contributed by atoms with Crippen LogP contribution in [0.4, 0.5) is 11.5 Å². The second-order valence-electron chi connectivity index (χ2n) is 7.58. The highest BCUT2D eigenvalue weighted by Gasteiger charge is 2.18. The fourth-order valence-corrected chi connectivity index (χ4v) is 3.36. The summed E-state index contributed by atoms with van der Waals surface area (Å²) in [6, 6.07) is 6.08.